The minimum absolute atomic E-state index is 0.0227. The van der Waals surface area contributed by atoms with Crippen LogP contribution in [0.15, 0.2) is 42.5 Å². The van der Waals surface area contributed by atoms with Gasteiger partial charge >= 0.3 is 0 Å². The van der Waals surface area contributed by atoms with E-state index in [9.17, 15) is 9.90 Å². The van der Waals surface area contributed by atoms with Gasteiger partial charge in [0, 0.05) is 10.6 Å². The molecule has 0 fully saturated rings. The largest absolute Gasteiger partial charge is 0.506 e. The van der Waals surface area contributed by atoms with E-state index in [-0.39, 0.29) is 16.8 Å². The third-order valence-corrected chi connectivity index (χ3v) is 3.23. The van der Waals surface area contributed by atoms with Gasteiger partial charge in [-0.25, -0.2) is 0 Å². The summed E-state index contributed by atoms with van der Waals surface area (Å²) in [6.07, 6.45) is 0. The first kappa shape index (κ1) is 16.1. The molecule has 2 rings (SSSR count). The standard InChI is InChI=1S/C15H13ClN2O3S/c1-21-11-5-2-9(3-6-11)14(20)18-15(22)17-12-8-10(16)4-7-13(12)19/h2-8,19H,1H3,(H2,17,18,20,22). The van der Waals surface area contributed by atoms with Gasteiger partial charge in [0.2, 0.25) is 0 Å². The van der Waals surface area contributed by atoms with Crippen molar-refractivity contribution in [3.63, 3.8) is 0 Å². The van der Waals surface area contributed by atoms with Crippen molar-refractivity contribution in [1.82, 2.24) is 5.32 Å². The Labute approximate surface area is 137 Å². The van der Waals surface area contributed by atoms with E-state index in [1.165, 1.54) is 12.1 Å². The molecule has 5 nitrogen and oxygen atoms in total. The molecular weight excluding hydrogens is 324 g/mol. The Bertz CT molecular complexity index is 704. The molecule has 2 aromatic carbocycles. The van der Waals surface area contributed by atoms with E-state index in [0.717, 1.165) is 0 Å². The molecule has 0 spiro atoms. The van der Waals surface area contributed by atoms with E-state index in [1.807, 2.05) is 0 Å². The Balaban J connectivity index is 2.01. The number of hydrogen-bond donors (Lipinski definition) is 3. The highest BCUT2D eigenvalue weighted by molar-refractivity contribution is 7.80. The maximum Gasteiger partial charge on any atom is 0.257 e. The number of aromatic hydroxyl groups is 1. The molecule has 0 aliphatic rings. The summed E-state index contributed by atoms with van der Waals surface area (Å²) in [7, 11) is 1.55. The van der Waals surface area contributed by atoms with Crippen LogP contribution < -0.4 is 15.4 Å². The number of ether oxygens (including phenoxy) is 1. The van der Waals surface area contributed by atoms with Crippen molar-refractivity contribution in [3.05, 3.63) is 53.1 Å². The molecule has 0 saturated heterocycles. The molecule has 1 amide bonds. The topological polar surface area (TPSA) is 70.6 Å². The minimum atomic E-state index is -0.373. The van der Waals surface area contributed by atoms with Crippen LogP contribution in [-0.4, -0.2) is 23.2 Å². The number of carbonyl (C=O) groups excluding carboxylic acids is 1. The smallest absolute Gasteiger partial charge is 0.257 e. The highest BCUT2D eigenvalue weighted by atomic mass is 35.5. The van der Waals surface area contributed by atoms with E-state index in [4.69, 9.17) is 28.6 Å². The summed E-state index contributed by atoms with van der Waals surface area (Å²) < 4.78 is 5.02. The van der Waals surface area contributed by atoms with Gasteiger partial charge in [-0.05, 0) is 54.7 Å². The van der Waals surface area contributed by atoms with Crippen LogP contribution in [0.4, 0.5) is 5.69 Å². The van der Waals surface area contributed by atoms with Gasteiger partial charge in [-0.2, -0.15) is 0 Å². The number of benzene rings is 2. The first-order chi connectivity index (χ1) is 10.5. The molecule has 0 unspecified atom stereocenters. The highest BCUT2D eigenvalue weighted by Gasteiger charge is 2.10. The molecule has 0 radical (unpaired) electrons. The van der Waals surface area contributed by atoms with Crippen LogP contribution in [0.1, 0.15) is 10.4 Å². The average molecular weight is 337 g/mol. The van der Waals surface area contributed by atoms with Crippen molar-refractivity contribution in [2.45, 2.75) is 0 Å². The van der Waals surface area contributed by atoms with Gasteiger partial charge < -0.3 is 15.2 Å². The molecule has 7 heteroatoms. The second kappa shape index (κ2) is 7.11. The lowest BCUT2D eigenvalue weighted by atomic mass is 10.2. The van der Waals surface area contributed by atoms with Gasteiger partial charge in [0.1, 0.15) is 11.5 Å². The molecule has 0 aliphatic carbocycles. The maximum atomic E-state index is 12.0. The summed E-state index contributed by atoms with van der Waals surface area (Å²) in [5, 5.41) is 15.4. The summed E-state index contributed by atoms with van der Waals surface area (Å²) in [6.45, 7) is 0. The SMILES string of the molecule is COc1ccc(C(=O)NC(=S)Nc2cc(Cl)ccc2O)cc1. The lowest BCUT2D eigenvalue weighted by molar-refractivity contribution is 0.0977. The third kappa shape index (κ3) is 4.09. The third-order valence-electron chi connectivity index (χ3n) is 2.79. The number of thiocarbonyl (C=S) groups is 1. The molecule has 114 valence electrons. The zero-order valence-corrected chi connectivity index (χ0v) is 13.2. The van der Waals surface area contributed by atoms with E-state index in [1.54, 1.807) is 37.4 Å². The van der Waals surface area contributed by atoms with E-state index < -0.39 is 0 Å². The number of halogens is 1. The number of carbonyl (C=O) groups is 1. The summed E-state index contributed by atoms with van der Waals surface area (Å²) in [6, 6.07) is 11.1. The lowest BCUT2D eigenvalue weighted by Gasteiger charge is -2.11. The molecule has 0 atom stereocenters. The van der Waals surface area contributed by atoms with Crippen LogP contribution in [0.2, 0.25) is 5.02 Å². The van der Waals surface area contributed by atoms with Gasteiger partial charge in [0.05, 0.1) is 12.8 Å². The van der Waals surface area contributed by atoms with Crippen LogP contribution in [0.5, 0.6) is 11.5 Å². The van der Waals surface area contributed by atoms with Crippen molar-refractivity contribution in [3.8, 4) is 11.5 Å². The van der Waals surface area contributed by atoms with Crippen LogP contribution in [0.3, 0.4) is 0 Å². The van der Waals surface area contributed by atoms with Crippen molar-refractivity contribution >= 4 is 40.5 Å². The van der Waals surface area contributed by atoms with Crippen molar-refractivity contribution in [1.29, 1.82) is 0 Å². The van der Waals surface area contributed by atoms with Crippen molar-refractivity contribution in [2.75, 3.05) is 12.4 Å². The maximum absolute atomic E-state index is 12.0. The molecule has 2 aromatic rings. The number of nitrogens with one attached hydrogen (secondary N) is 2. The Morgan fingerprint density at radius 3 is 2.55 bits per heavy atom. The number of rotatable bonds is 3. The molecule has 0 aliphatic heterocycles. The van der Waals surface area contributed by atoms with E-state index in [0.29, 0.717) is 22.0 Å². The first-order valence-electron chi connectivity index (χ1n) is 6.24. The Morgan fingerprint density at radius 1 is 1.23 bits per heavy atom. The monoisotopic (exact) mass is 336 g/mol. The summed E-state index contributed by atoms with van der Waals surface area (Å²) in [5.74, 6) is 0.258. The predicted molar refractivity (Wildman–Crippen MR) is 89.8 cm³/mol. The first-order valence-corrected chi connectivity index (χ1v) is 7.03. The second-order valence-electron chi connectivity index (χ2n) is 4.30. The Morgan fingerprint density at radius 2 is 1.91 bits per heavy atom. The number of anilines is 1. The van der Waals surface area contributed by atoms with Crippen molar-refractivity contribution < 1.29 is 14.6 Å². The van der Waals surface area contributed by atoms with E-state index >= 15 is 0 Å². The molecule has 0 bridgehead atoms. The van der Waals surface area contributed by atoms with Crippen LogP contribution in [0.25, 0.3) is 0 Å². The zero-order valence-electron chi connectivity index (χ0n) is 11.6. The zero-order chi connectivity index (χ0) is 16.1. The molecule has 22 heavy (non-hydrogen) atoms. The molecule has 0 heterocycles. The van der Waals surface area contributed by atoms with Crippen LogP contribution >= 0.6 is 23.8 Å². The summed E-state index contributed by atoms with van der Waals surface area (Å²) in [4.78, 5) is 12.0. The molecule has 0 saturated carbocycles. The number of methoxy groups -OCH3 is 1. The second-order valence-corrected chi connectivity index (χ2v) is 5.14. The summed E-state index contributed by atoms with van der Waals surface area (Å²) in [5.41, 5.74) is 0.743. The number of amides is 1. The fourth-order valence-electron chi connectivity index (χ4n) is 1.68. The molecular formula is C15H13ClN2O3S. The lowest BCUT2D eigenvalue weighted by Crippen LogP contribution is -2.34. The predicted octanol–water partition coefficient (Wildman–Crippen LogP) is 3.18. The molecule has 3 N–H and O–H groups in total. The number of phenolic OH excluding ortho intramolecular Hbond substituents is 1. The highest BCUT2D eigenvalue weighted by Crippen LogP contribution is 2.26. The normalized spacial score (nSPS) is 9.91. The number of phenols is 1. The Kier molecular flexibility index (Phi) is 5.19. The van der Waals surface area contributed by atoms with E-state index in [2.05, 4.69) is 10.6 Å². The fraction of sp³-hybridized carbons (Fsp3) is 0.0667. The van der Waals surface area contributed by atoms with Gasteiger partial charge in [-0.3, -0.25) is 10.1 Å². The quantitative estimate of drug-likeness (QED) is 0.593. The number of hydrogen-bond acceptors (Lipinski definition) is 4. The average Bonchev–Trinajstić information content (AvgIpc) is 2.51. The van der Waals surface area contributed by atoms with Gasteiger partial charge in [0.25, 0.3) is 5.91 Å². The molecule has 0 aromatic heterocycles. The minimum Gasteiger partial charge on any atom is -0.506 e. The summed E-state index contributed by atoms with van der Waals surface area (Å²) >= 11 is 10.9. The van der Waals surface area contributed by atoms with Crippen molar-refractivity contribution in [2.24, 2.45) is 0 Å². The van der Waals surface area contributed by atoms with Gasteiger partial charge in [-0.15, -0.1) is 0 Å². The van der Waals surface area contributed by atoms with Gasteiger partial charge in [-0.1, -0.05) is 11.6 Å². The van der Waals surface area contributed by atoms with Crippen LogP contribution in [-0.2, 0) is 0 Å². The van der Waals surface area contributed by atoms with Crippen LogP contribution in [0, 0.1) is 0 Å². The fourth-order valence-corrected chi connectivity index (χ4v) is 2.05. The van der Waals surface area contributed by atoms with Gasteiger partial charge in [0.15, 0.2) is 5.11 Å². The Hall–Kier alpha value is -2.31.